The molecule has 4 N–H and O–H groups in total. The third kappa shape index (κ3) is 2.91. The van der Waals surface area contributed by atoms with E-state index in [0.29, 0.717) is 11.1 Å². The second-order valence-corrected chi connectivity index (χ2v) is 5.36. The molecule has 0 saturated carbocycles. The molecule has 0 radical (unpaired) electrons. The molecule has 0 aliphatic carbocycles. The molecular weight excluding hydrogens is 300 g/mol. The summed E-state index contributed by atoms with van der Waals surface area (Å²) in [4.78, 5) is 34.3. The minimum absolute atomic E-state index is 0.0139. The van der Waals surface area contributed by atoms with E-state index in [0.717, 1.165) is 4.68 Å². The van der Waals surface area contributed by atoms with E-state index in [1.807, 2.05) is 0 Å². The Hall–Kier alpha value is -3.16. The zero-order valence-corrected chi connectivity index (χ0v) is 12.6. The minimum Gasteiger partial charge on any atom is -0.366 e. The predicted octanol–water partition coefficient (Wildman–Crippen LogP) is 1.71. The van der Waals surface area contributed by atoms with Crippen molar-refractivity contribution in [2.24, 2.45) is 11.7 Å². The average molecular weight is 316 g/mol. The molecule has 8 heteroatoms. The summed E-state index contributed by atoms with van der Waals surface area (Å²) in [7, 11) is 0. The Morgan fingerprint density at radius 2 is 1.78 bits per heavy atom. The number of hydrogen-bond acceptors (Lipinski definition) is 5. The Labute approximate surface area is 131 Å². The van der Waals surface area contributed by atoms with Gasteiger partial charge in [0.25, 0.3) is 11.6 Å². The molecular formula is C15H16N4O4. The normalized spacial score (nSPS) is 10.7. The van der Waals surface area contributed by atoms with Gasteiger partial charge in [0.1, 0.15) is 5.69 Å². The number of nitrogens with zero attached hydrogens (tertiary/aromatic N) is 2. The van der Waals surface area contributed by atoms with E-state index >= 15 is 0 Å². The van der Waals surface area contributed by atoms with Crippen molar-refractivity contribution in [3.05, 3.63) is 51.8 Å². The van der Waals surface area contributed by atoms with E-state index in [2.05, 4.69) is 0 Å². The van der Waals surface area contributed by atoms with Gasteiger partial charge < -0.3 is 11.6 Å². The third-order valence-corrected chi connectivity index (χ3v) is 3.43. The Bertz CT molecular complexity index is 791. The Morgan fingerprint density at radius 3 is 2.22 bits per heavy atom. The Morgan fingerprint density at radius 1 is 1.22 bits per heavy atom. The molecule has 0 atom stereocenters. The largest absolute Gasteiger partial charge is 0.366 e. The molecule has 120 valence electrons. The molecule has 1 amide bonds. The summed E-state index contributed by atoms with van der Waals surface area (Å²) in [5.74, 6) is 4.35. The first-order valence-electron chi connectivity index (χ1n) is 6.83. The van der Waals surface area contributed by atoms with Crippen molar-refractivity contribution in [2.45, 2.75) is 13.8 Å². The van der Waals surface area contributed by atoms with Gasteiger partial charge >= 0.3 is 0 Å². The fourth-order valence-corrected chi connectivity index (χ4v) is 2.28. The summed E-state index contributed by atoms with van der Waals surface area (Å²) in [5, 5.41) is 10.7. The fourth-order valence-electron chi connectivity index (χ4n) is 2.28. The van der Waals surface area contributed by atoms with Crippen molar-refractivity contribution in [2.75, 3.05) is 5.84 Å². The quantitative estimate of drug-likeness (QED) is 0.375. The number of nitro groups is 1. The molecule has 0 aliphatic heterocycles. The summed E-state index contributed by atoms with van der Waals surface area (Å²) < 4.78 is 1.07. The standard InChI is InChI=1S/C15H16N4O4/c1-8(2)14(20)13-12(15(16)21)11(7-18(13)17)9-3-5-10(6-4-9)19(22)23/h3-8H,17H2,1-2H3,(H2,16,21). The van der Waals surface area contributed by atoms with E-state index in [1.165, 1.54) is 30.5 Å². The first-order chi connectivity index (χ1) is 10.7. The maximum atomic E-state index is 12.3. The zero-order chi connectivity index (χ0) is 17.3. The second kappa shape index (κ2) is 5.91. The van der Waals surface area contributed by atoms with Gasteiger partial charge in [0, 0.05) is 29.8 Å². The number of non-ortho nitro benzene ring substituents is 1. The number of primary amides is 1. The van der Waals surface area contributed by atoms with Crippen LogP contribution in [0.25, 0.3) is 11.1 Å². The van der Waals surface area contributed by atoms with Crippen molar-refractivity contribution in [3.8, 4) is 11.1 Å². The van der Waals surface area contributed by atoms with E-state index in [9.17, 15) is 19.7 Å². The van der Waals surface area contributed by atoms with Crippen LogP contribution < -0.4 is 11.6 Å². The van der Waals surface area contributed by atoms with E-state index < -0.39 is 10.8 Å². The molecule has 0 unspecified atom stereocenters. The fraction of sp³-hybridized carbons (Fsp3) is 0.200. The molecule has 0 aliphatic rings. The zero-order valence-electron chi connectivity index (χ0n) is 12.6. The molecule has 2 aromatic rings. The monoisotopic (exact) mass is 316 g/mol. The van der Waals surface area contributed by atoms with Crippen molar-refractivity contribution >= 4 is 17.4 Å². The first kappa shape index (κ1) is 16.2. The van der Waals surface area contributed by atoms with Crippen LogP contribution in [0.15, 0.2) is 30.5 Å². The number of aromatic nitrogens is 1. The summed E-state index contributed by atoms with van der Waals surface area (Å²) >= 11 is 0. The molecule has 2 rings (SSSR count). The number of carbonyl (C=O) groups excluding carboxylic acids is 2. The van der Waals surface area contributed by atoms with Crippen molar-refractivity contribution in [1.29, 1.82) is 0 Å². The van der Waals surface area contributed by atoms with E-state index in [1.54, 1.807) is 13.8 Å². The summed E-state index contributed by atoms with van der Waals surface area (Å²) in [6, 6.07) is 5.56. The number of nitrogens with two attached hydrogens (primary N) is 2. The van der Waals surface area contributed by atoms with Gasteiger partial charge in [0.2, 0.25) is 0 Å². The van der Waals surface area contributed by atoms with Crippen LogP contribution in [0.4, 0.5) is 5.69 Å². The molecule has 1 aromatic heterocycles. The van der Waals surface area contributed by atoms with Crippen LogP contribution in [-0.4, -0.2) is 21.3 Å². The number of Topliss-reactive ketones (excluding diaryl/α,β-unsaturated/α-hetero) is 1. The summed E-state index contributed by atoms with van der Waals surface area (Å²) in [5.41, 5.74) is 6.24. The maximum Gasteiger partial charge on any atom is 0.269 e. The lowest BCUT2D eigenvalue weighted by molar-refractivity contribution is -0.384. The van der Waals surface area contributed by atoms with Crippen LogP contribution in [0.3, 0.4) is 0 Å². The minimum atomic E-state index is -0.786. The number of nitrogen functional groups attached to an aromatic ring is 1. The number of benzene rings is 1. The van der Waals surface area contributed by atoms with Gasteiger partial charge in [0.05, 0.1) is 10.5 Å². The van der Waals surface area contributed by atoms with Crippen LogP contribution in [0.1, 0.15) is 34.7 Å². The second-order valence-electron chi connectivity index (χ2n) is 5.36. The molecule has 1 heterocycles. The number of ketones is 1. The highest BCUT2D eigenvalue weighted by molar-refractivity contribution is 6.11. The van der Waals surface area contributed by atoms with E-state index in [-0.39, 0.29) is 28.6 Å². The first-order valence-corrected chi connectivity index (χ1v) is 6.83. The highest BCUT2D eigenvalue weighted by Crippen LogP contribution is 2.29. The maximum absolute atomic E-state index is 12.3. The molecule has 23 heavy (non-hydrogen) atoms. The molecule has 0 bridgehead atoms. The third-order valence-electron chi connectivity index (χ3n) is 3.43. The van der Waals surface area contributed by atoms with Gasteiger partial charge in [-0.2, -0.15) is 0 Å². The van der Waals surface area contributed by atoms with Gasteiger partial charge in [-0.15, -0.1) is 0 Å². The lowest BCUT2D eigenvalue weighted by Gasteiger charge is -2.07. The summed E-state index contributed by atoms with van der Waals surface area (Å²) in [6.07, 6.45) is 1.41. The van der Waals surface area contributed by atoms with Crippen LogP contribution in [0.2, 0.25) is 0 Å². The van der Waals surface area contributed by atoms with Gasteiger partial charge in [-0.25, -0.2) is 0 Å². The predicted molar refractivity (Wildman–Crippen MR) is 84.4 cm³/mol. The van der Waals surface area contributed by atoms with Gasteiger partial charge in [0.15, 0.2) is 5.78 Å². The average Bonchev–Trinajstić information content (AvgIpc) is 2.84. The number of hydrogen-bond donors (Lipinski definition) is 2. The molecule has 8 nitrogen and oxygen atoms in total. The van der Waals surface area contributed by atoms with Crippen molar-refractivity contribution in [3.63, 3.8) is 0 Å². The summed E-state index contributed by atoms with van der Waals surface area (Å²) in [6.45, 7) is 3.37. The lowest BCUT2D eigenvalue weighted by Crippen LogP contribution is -2.23. The smallest absolute Gasteiger partial charge is 0.269 e. The molecule has 0 fully saturated rings. The number of nitro benzene ring substituents is 1. The van der Waals surface area contributed by atoms with E-state index in [4.69, 9.17) is 11.6 Å². The molecule has 0 spiro atoms. The Kier molecular flexibility index (Phi) is 4.17. The Balaban J connectivity index is 2.63. The highest BCUT2D eigenvalue weighted by atomic mass is 16.6. The SMILES string of the molecule is CC(C)C(=O)c1c(C(N)=O)c(-c2ccc([N+](=O)[O-])cc2)cn1N. The van der Waals surface area contributed by atoms with Crippen molar-refractivity contribution < 1.29 is 14.5 Å². The number of rotatable bonds is 5. The molecule has 0 saturated heterocycles. The lowest BCUT2D eigenvalue weighted by atomic mass is 9.97. The number of amides is 1. The molecule has 1 aromatic carbocycles. The number of carbonyl (C=O) groups is 2. The van der Waals surface area contributed by atoms with Gasteiger partial charge in [-0.05, 0) is 17.7 Å². The van der Waals surface area contributed by atoms with Crippen LogP contribution in [-0.2, 0) is 0 Å². The van der Waals surface area contributed by atoms with Crippen LogP contribution in [0.5, 0.6) is 0 Å². The van der Waals surface area contributed by atoms with Gasteiger partial charge in [-0.3, -0.25) is 24.4 Å². The highest BCUT2D eigenvalue weighted by Gasteiger charge is 2.27. The van der Waals surface area contributed by atoms with Crippen molar-refractivity contribution in [1.82, 2.24) is 4.68 Å². The van der Waals surface area contributed by atoms with Crippen LogP contribution in [0, 0.1) is 16.0 Å². The van der Waals surface area contributed by atoms with Crippen LogP contribution >= 0.6 is 0 Å². The topological polar surface area (TPSA) is 134 Å². The van der Waals surface area contributed by atoms with Gasteiger partial charge in [-0.1, -0.05) is 13.8 Å².